The minimum atomic E-state index is -0.612. The molecule has 1 amide bonds. The predicted octanol–water partition coefficient (Wildman–Crippen LogP) is 3.73. The minimum absolute atomic E-state index is 0.0779. The van der Waals surface area contributed by atoms with Crippen LogP contribution in [0.15, 0.2) is 48.5 Å². The molecule has 0 aromatic heterocycles. The first-order valence-electron chi connectivity index (χ1n) is 9.52. The molecule has 28 heavy (non-hydrogen) atoms. The molecule has 2 aromatic carbocycles. The SMILES string of the molecule is COc1ccc(/C=C/[C@]23NC(=O)CCN2c2ccccc2C3(C)C)cc1OC. The Hall–Kier alpha value is -2.95. The van der Waals surface area contributed by atoms with Gasteiger partial charge in [-0.1, -0.05) is 44.2 Å². The van der Waals surface area contributed by atoms with Crippen LogP contribution in [0, 0.1) is 0 Å². The first-order chi connectivity index (χ1) is 13.4. The maximum atomic E-state index is 12.4. The Morgan fingerprint density at radius 2 is 1.82 bits per heavy atom. The topological polar surface area (TPSA) is 50.8 Å². The van der Waals surface area contributed by atoms with Crippen LogP contribution in [0.25, 0.3) is 6.08 Å². The van der Waals surface area contributed by atoms with Gasteiger partial charge in [-0.25, -0.2) is 0 Å². The smallest absolute Gasteiger partial charge is 0.223 e. The molecule has 1 atom stereocenters. The summed E-state index contributed by atoms with van der Waals surface area (Å²) in [6.07, 6.45) is 4.66. The number of fused-ring (bicyclic) bond motifs is 3. The highest BCUT2D eigenvalue weighted by Crippen LogP contribution is 2.52. The number of rotatable bonds is 4. The van der Waals surface area contributed by atoms with Crippen LogP contribution in [-0.2, 0) is 10.2 Å². The number of anilines is 1. The number of hydrogen-bond acceptors (Lipinski definition) is 4. The predicted molar refractivity (Wildman–Crippen MR) is 111 cm³/mol. The molecule has 5 heteroatoms. The number of carbonyl (C=O) groups is 1. The fourth-order valence-electron chi connectivity index (χ4n) is 4.49. The van der Waals surface area contributed by atoms with Gasteiger partial charge in [0.1, 0.15) is 5.66 Å². The van der Waals surface area contributed by atoms with Crippen molar-refractivity contribution in [2.75, 3.05) is 25.7 Å². The fraction of sp³-hybridized carbons (Fsp3) is 0.348. The molecule has 0 spiro atoms. The van der Waals surface area contributed by atoms with E-state index in [1.165, 1.54) is 11.3 Å². The average Bonchev–Trinajstić information content (AvgIpc) is 2.90. The van der Waals surface area contributed by atoms with Crippen LogP contribution >= 0.6 is 0 Å². The van der Waals surface area contributed by atoms with Crippen molar-refractivity contribution < 1.29 is 14.3 Å². The van der Waals surface area contributed by atoms with E-state index < -0.39 is 5.66 Å². The van der Waals surface area contributed by atoms with Crippen molar-refractivity contribution in [1.82, 2.24) is 5.32 Å². The fourth-order valence-corrected chi connectivity index (χ4v) is 4.49. The van der Waals surface area contributed by atoms with E-state index in [4.69, 9.17) is 9.47 Å². The average molecular weight is 378 g/mol. The minimum Gasteiger partial charge on any atom is -0.493 e. The van der Waals surface area contributed by atoms with Crippen LogP contribution in [-0.4, -0.2) is 32.3 Å². The number of nitrogens with one attached hydrogen (secondary N) is 1. The van der Waals surface area contributed by atoms with Crippen LogP contribution in [0.5, 0.6) is 11.5 Å². The third kappa shape index (κ3) is 2.57. The summed E-state index contributed by atoms with van der Waals surface area (Å²) < 4.78 is 10.8. The Kier molecular flexibility index (Phi) is 4.33. The van der Waals surface area contributed by atoms with Gasteiger partial charge in [0, 0.05) is 24.1 Å². The summed E-state index contributed by atoms with van der Waals surface area (Å²) in [5, 5.41) is 3.29. The van der Waals surface area contributed by atoms with E-state index >= 15 is 0 Å². The Labute approximate surface area is 165 Å². The van der Waals surface area contributed by atoms with Gasteiger partial charge < -0.3 is 19.7 Å². The molecule has 0 radical (unpaired) electrons. The molecular formula is C23H26N2O3. The van der Waals surface area contributed by atoms with Crippen molar-refractivity contribution in [2.45, 2.75) is 31.3 Å². The summed E-state index contributed by atoms with van der Waals surface area (Å²) in [4.78, 5) is 14.8. The molecule has 0 bridgehead atoms. The summed E-state index contributed by atoms with van der Waals surface area (Å²) in [5.41, 5.74) is 2.52. The van der Waals surface area contributed by atoms with Crippen molar-refractivity contribution in [3.8, 4) is 11.5 Å². The molecule has 146 valence electrons. The summed E-state index contributed by atoms with van der Waals surface area (Å²) in [6, 6.07) is 14.2. The zero-order chi connectivity index (χ0) is 19.9. The second kappa shape index (κ2) is 6.59. The molecule has 1 saturated heterocycles. The second-order valence-corrected chi connectivity index (χ2v) is 7.81. The molecule has 0 saturated carbocycles. The van der Waals surface area contributed by atoms with Crippen LogP contribution in [0.4, 0.5) is 5.69 Å². The van der Waals surface area contributed by atoms with Gasteiger partial charge in [0.25, 0.3) is 0 Å². The van der Waals surface area contributed by atoms with Gasteiger partial charge in [0.2, 0.25) is 5.91 Å². The molecule has 0 aliphatic carbocycles. The summed E-state index contributed by atoms with van der Waals surface area (Å²) in [6.45, 7) is 5.08. The van der Waals surface area contributed by atoms with Gasteiger partial charge in [0.15, 0.2) is 11.5 Å². The molecule has 0 unspecified atom stereocenters. The van der Waals surface area contributed by atoms with E-state index in [-0.39, 0.29) is 11.3 Å². The van der Waals surface area contributed by atoms with Crippen LogP contribution < -0.4 is 19.7 Å². The number of benzene rings is 2. The molecular weight excluding hydrogens is 352 g/mol. The van der Waals surface area contributed by atoms with Crippen LogP contribution in [0.1, 0.15) is 31.4 Å². The molecule has 2 aromatic rings. The third-order valence-corrected chi connectivity index (χ3v) is 6.06. The standard InChI is InChI=1S/C23H26N2O3/c1-22(2)17-7-5-6-8-18(17)25-14-12-21(26)24-23(22,25)13-11-16-9-10-19(27-3)20(15-16)28-4/h5-11,13,15H,12,14H2,1-4H3,(H,24,26)/b13-11+/t23-/m0/s1. The second-order valence-electron chi connectivity index (χ2n) is 7.81. The van der Waals surface area contributed by atoms with E-state index in [1.54, 1.807) is 14.2 Å². The lowest BCUT2D eigenvalue weighted by Crippen LogP contribution is -2.68. The highest BCUT2D eigenvalue weighted by Gasteiger charge is 2.57. The lowest BCUT2D eigenvalue weighted by molar-refractivity contribution is -0.124. The van der Waals surface area contributed by atoms with Crippen molar-refractivity contribution in [2.24, 2.45) is 0 Å². The highest BCUT2D eigenvalue weighted by atomic mass is 16.5. The maximum absolute atomic E-state index is 12.4. The maximum Gasteiger partial charge on any atom is 0.223 e. The first kappa shape index (κ1) is 18.4. The number of nitrogens with zero attached hydrogens (tertiary/aromatic N) is 1. The van der Waals surface area contributed by atoms with Crippen molar-refractivity contribution in [3.63, 3.8) is 0 Å². The van der Waals surface area contributed by atoms with Crippen molar-refractivity contribution in [1.29, 1.82) is 0 Å². The van der Waals surface area contributed by atoms with Gasteiger partial charge in [-0.3, -0.25) is 4.79 Å². The quantitative estimate of drug-likeness (QED) is 0.881. The summed E-state index contributed by atoms with van der Waals surface area (Å²) in [7, 11) is 3.25. The number of ether oxygens (including phenoxy) is 2. The zero-order valence-corrected chi connectivity index (χ0v) is 16.8. The van der Waals surface area contributed by atoms with E-state index in [0.29, 0.717) is 24.5 Å². The number of hydrogen-bond donors (Lipinski definition) is 1. The van der Waals surface area contributed by atoms with Gasteiger partial charge in [-0.05, 0) is 35.4 Å². The molecule has 2 aliphatic rings. The third-order valence-electron chi connectivity index (χ3n) is 6.06. The first-order valence-corrected chi connectivity index (χ1v) is 9.52. The molecule has 2 heterocycles. The molecule has 1 N–H and O–H groups in total. The Bertz CT molecular complexity index is 951. The molecule has 5 nitrogen and oxygen atoms in total. The van der Waals surface area contributed by atoms with E-state index in [2.05, 4.69) is 54.4 Å². The number of carbonyl (C=O) groups excluding carboxylic acids is 1. The monoisotopic (exact) mass is 378 g/mol. The van der Waals surface area contributed by atoms with Crippen molar-refractivity contribution >= 4 is 17.7 Å². The normalized spacial score (nSPS) is 22.6. The molecule has 2 aliphatic heterocycles. The lowest BCUT2D eigenvalue weighted by Gasteiger charge is -2.49. The Balaban J connectivity index is 1.80. The van der Waals surface area contributed by atoms with E-state index in [1.807, 2.05) is 24.3 Å². The van der Waals surface area contributed by atoms with Gasteiger partial charge >= 0.3 is 0 Å². The highest BCUT2D eigenvalue weighted by molar-refractivity contribution is 5.84. The number of para-hydroxylation sites is 1. The molecule has 1 fully saturated rings. The largest absolute Gasteiger partial charge is 0.493 e. The molecule has 4 rings (SSSR count). The van der Waals surface area contributed by atoms with Crippen LogP contribution in [0.3, 0.4) is 0 Å². The number of methoxy groups -OCH3 is 2. The Morgan fingerprint density at radius 3 is 2.57 bits per heavy atom. The number of amides is 1. The van der Waals surface area contributed by atoms with Gasteiger partial charge in [-0.2, -0.15) is 0 Å². The summed E-state index contributed by atoms with van der Waals surface area (Å²) >= 11 is 0. The van der Waals surface area contributed by atoms with Gasteiger partial charge in [0.05, 0.1) is 14.2 Å². The Morgan fingerprint density at radius 1 is 1.07 bits per heavy atom. The van der Waals surface area contributed by atoms with Crippen molar-refractivity contribution in [3.05, 3.63) is 59.7 Å². The van der Waals surface area contributed by atoms with Gasteiger partial charge in [-0.15, -0.1) is 0 Å². The summed E-state index contributed by atoms with van der Waals surface area (Å²) in [5.74, 6) is 1.45. The van der Waals surface area contributed by atoms with E-state index in [0.717, 1.165) is 5.56 Å². The zero-order valence-electron chi connectivity index (χ0n) is 16.8. The van der Waals surface area contributed by atoms with Crippen LogP contribution in [0.2, 0.25) is 0 Å². The lowest BCUT2D eigenvalue weighted by atomic mass is 9.74. The van der Waals surface area contributed by atoms with E-state index in [9.17, 15) is 4.79 Å².